The van der Waals surface area contributed by atoms with Crippen LogP contribution in [0.3, 0.4) is 0 Å². The van der Waals surface area contributed by atoms with Crippen LogP contribution in [0.2, 0.25) is 0 Å². The molecule has 0 bridgehead atoms. The molecule has 94 valence electrons. The third kappa shape index (κ3) is 5.73. The number of esters is 1. The molecule has 0 aliphatic heterocycles. The van der Waals surface area contributed by atoms with Crippen molar-refractivity contribution >= 4 is 11.9 Å². The lowest BCUT2D eigenvalue weighted by Crippen LogP contribution is -2.33. The molecule has 0 rings (SSSR count). The lowest BCUT2D eigenvalue weighted by molar-refractivity contribution is -0.144. The first kappa shape index (κ1) is 14.9. The van der Waals surface area contributed by atoms with E-state index in [1.54, 1.807) is 18.9 Å². The van der Waals surface area contributed by atoms with Gasteiger partial charge in [-0.15, -0.1) is 0 Å². The minimum atomic E-state index is -0.245. The van der Waals surface area contributed by atoms with E-state index in [1.165, 1.54) is 0 Å². The second-order valence-corrected chi connectivity index (χ2v) is 4.00. The standard InChI is InChI=1S/C12H23NO3/c1-5-7-10(3)12(15)13(4)9-8-11(14)16-6-2/h10H,5-9H2,1-4H3. The number of hydrogen-bond acceptors (Lipinski definition) is 3. The van der Waals surface area contributed by atoms with E-state index in [9.17, 15) is 9.59 Å². The van der Waals surface area contributed by atoms with Crippen LogP contribution in [0.15, 0.2) is 0 Å². The maximum absolute atomic E-state index is 11.8. The van der Waals surface area contributed by atoms with Gasteiger partial charge in [-0.1, -0.05) is 20.3 Å². The summed E-state index contributed by atoms with van der Waals surface area (Å²) in [7, 11) is 1.73. The van der Waals surface area contributed by atoms with E-state index in [1.807, 2.05) is 6.92 Å². The highest BCUT2D eigenvalue weighted by atomic mass is 16.5. The Balaban J connectivity index is 3.91. The molecule has 0 aliphatic rings. The summed E-state index contributed by atoms with van der Waals surface area (Å²) >= 11 is 0. The summed E-state index contributed by atoms with van der Waals surface area (Å²) < 4.78 is 4.80. The van der Waals surface area contributed by atoms with Crippen molar-refractivity contribution in [3.63, 3.8) is 0 Å². The van der Waals surface area contributed by atoms with Gasteiger partial charge in [-0.25, -0.2) is 0 Å². The summed E-state index contributed by atoms with van der Waals surface area (Å²) in [6.07, 6.45) is 2.16. The Morgan fingerprint density at radius 2 is 1.94 bits per heavy atom. The van der Waals surface area contributed by atoms with Gasteiger partial charge in [0, 0.05) is 19.5 Å². The first-order valence-electron chi connectivity index (χ1n) is 5.93. The summed E-state index contributed by atoms with van der Waals surface area (Å²) in [6, 6.07) is 0. The van der Waals surface area contributed by atoms with E-state index < -0.39 is 0 Å². The van der Waals surface area contributed by atoms with Crippen molar-refractivity contribution in [3.05, 3.63) is 0 Å². The van der Waals surface area contributed by atoms with Crippen molar-refractivity contribution in [3.8, 4) is 0 Å². The molecular weight excluding hydrogens is 206 g/mol. The smallest absolute Gasteiger partial charge is 0.307 e. The number of carbonyl (C=O) groups excluding carboxylic acids is 2. The highest BCUT2D eigenvalue weighted by Crippen LogP contribution is 2.08. The van der Waals surface area contributed by atoms with E-state index >= 15 is 0 Å². The lowest BCUT2D eigenvalue weighted by atomic mass is 10.1. The average molecular weight is 229 g/mol. The Morgan fingerprint density at radius 1 is 1.31 bits per heavy atom. The van der Waals surface area contributed by atoms with Gasteiger partial charge in [-0.2, -0.15) is 0 Å². The summed E-state index contributed by atoms with van der Waals surface area (Å²) in [4.78, 5) is 24.5. The zero-order chi connectivity index (χ0) is 12.6. The minimum absolute atomic E-state index is 0.0391. The van der Waals surface area contributed by atoms with Gasteiger partial charge < -0.3 is 9.64 Å². The first-order valence-corrected chi connectivity index (χ1v) is 5.93. The molecule has 16 heavy (non-hydrogen) atoms. The van der Waals surface area contributed by atoms with E-state index in [-0.39, 0.29) is 24.2 Å². The van der Waals surface area contributed by atoms with Crippen LogP contribution in [-0.4, -0.2) is 37.0 Å². The third-order valence-electron chi connectivity index (χ3n) is 2.48. The Labute approximate surface area is 98.0 Å². The van der Waals surface area contributed by atoms with E-state index in [0.717, 1.165) is 12.8 Å². The number of hydrogen-bond donors (Lipinski definition) is 0. The van der Waals surface area contributed by atoms with Crippen molar-refractivity contribution < 1.29 is 14.3 Å². The second-order valence-electron chi connectivity index (χ2n) is 4.00. The molecule has 0 heterocycles. The van der Waals surface area contributed by atoms with Crippen LogP contribution in [0.4, 0.5) is 0 Å². The van der Waals surface area contributed by atoms with Crippen LogP contribution in [0.5, 0.6) is 0 Å². The van der Waals surface area contributed by atoms with E-state index in [0.29, 0.717) is 13.2 Å². The number of rotatable bonds is 7. The Bertz CT molecular complexity index is 228. The highest BCUT2D eigenvalue weighted by Gasteiger charge is 2.17. The van der Waals surface area contributed by atoms with Crippen molar-refractivity contribution in [1.82, 2.24) is 4.90 Å². The van der Waals surface area contributed by atoms with Crippen LogP contribution in [0, 0.1) is 5.92 Å². The van der Waals surface area contributed by atoms with Gasteiger partial charge in [0.2, 0.25) is 5.91 Å². The fourth-order valence-corrected chi connectivity index (χ4v) is 1.54. The Morgan fingerprint density at radius 3 is 2.44 bits per heavy atom. The molecule has 1 atom stereocenters. The lowest BCUT2D eigenvalue weighted by Gasteiger charge is -2.20. The quantitative estimate of drug-likeness (QED) is 0.626. The molecular formula is C12H23NO3. The van der Waals surface area contributed by atoms with Crippen LogP contribution >= 0.6 is 0 Å². The molecule has 0 radical (unpaired) electrons. The molecule has 0 N–H and O–H groups in total. The molecule has 1 unspecified atom stereocenters. The van der Waals surface area contributed by atoms with Gasteiger partial charge in [-0.05, 0) is 13.3 Å². The summed E-state index contributed by atoms with van der Waals surface area (Å²) in [5.74, 6) is -0.103. The molecule has 0 spiro atoms. The van der Waals surface area contributed by atoms with Gasteiger partial charge in [-0.3, -0.25) is 9.59 Å². The molecule has 0 aromatic heterocycles. The SMILES string of the molecule is CCCC(C)C(=O)N(C)CCC(=O)OCC. The van der Waals surface area contributed by atoms with Gasteiger partial charge >= 0.3 is 5.97 Å². The molecule has 4 nitrogen and oxygen atoms in total. The molecule has 4 heteroatoms. The van der Waals surface area contributed by atoms with Crippen molar-refractivity contribution in [2.45, 2.75) is 40.0 Å². The highest BCUT2D eigenvalue weighted by molar-refractivity contribution is 5.79. The molecule has 0 aromatic carbocycles. The summed E-state index contributed by atoms with van der Waals surface area (Å²) in [6.45, 7) is 6.58. The molecule has 1 amide bonds. The fraction of sp³-hybridized carbons (Fsp3) is 0.833. The minimum Gasteiger partial charge on any atom is -0.466 e. The van der Waals surface area contributed by atoms with Crippen molar-refractivity contribution in [2.24, 2.45) is 5.92 Å². The molecule has 0 saturated carbocycles. The second kappa shape index (κ2) is 8.13. The monoisotopic (exact) mass is 229 g/mol. The van der Waals surface area contributed by atoms with Crippen molar-refractivity contribution in [2.75, 3.05) is 20.2 Å². The van der Waals surface area contributed by atoms with Gasteiger partial charge in [0.05, 0.1) is 13.0 Å². The van der Waals surface area contributed by atoms with E-state index in [2.05, 4.69) is 6.92 Å². The zero-order valence-electron chi connectivity index (χ0n) is 10.8. The average Bonchev–Trinajstić information content (AvgIpc) is 2.25. The number of carbonyl (C=O) groups is 2. The topological polar surface area (TPSA) is 46.6 Å². The molecule has 0 fully saturated rings. The maximum Gasteiger partial charge on any atom is 0.307 e. The largest absolute Gasteiger partial charge is 0.466 e. The summed E-state index contributed by atoms with van der Waals surface area (Å²) in [5.41, 5.74) is 0. The van der Waals surface area contributed by atoms with Gasteiger partial charge in [0.25, 0.3) is 0 Å². The molecule has 0 aliphatic carbocycles. The number of amides is 1. The first-order chi connectivity index (χ1) is 7.52. The van der Waals surface area contributed by atoms with E-state index in [4.69, 9.17) is 4.74 Å². The normalized spacial score (nSPS) is 12.0. The predicted molar refractivity (Wildman–Crippen MR) is 63.0 cm³/mol. The van der Waals surface area contributed by atoms with Crippen LogP contribution < -0.4 is 0 Å². The third-order valence-corrected chi connectivity index (χ3v) is 2.48. The molecule has 0 aromatic rings. The van der Waals surface area contributed by atoms with Crippen LogP contribution in [-0.2, 0) is 14.3 Å². The summed E-state index contributed by atoms with van der Waals surface area (Å²) in [5, 5.41) is 0. The van der Waals surface area contributed by atoms with Gasteiger partial charge in [0.15, 0.2) is 0 Å². The maximum atomic E-state index is 11.8. The Hall–Kier alpha value is -1.06. The van der Waals surface area contributed by atoms with Crippen LogP contribution in [0.1, 0.15) is 40.0 Å². The van der Waals surface area contributed by atoms with Crippen molar-refractivity contribution in [1.29, 1.82) is 0 Å². The fourth-order valence-electron chi connectivity index (χ4n) is 1.54. The zero-order valence-corrected chi connectivity index (χ0v) is 10.8. The van der Waals surface area contributed by atoms with Crippen LogP contribution in [0.25, 0.3) is 0 Å². The molecule has 0 saturated heterocycles. The number of ether oxygens (including phenoxy) is 1. The predicted octanol–water partition coefficient (Wildman–Crippen LogP) is 1.83. The van der Waals surface area contributed by atoms with Gasteiger partial charge in [0.1, 0.15) is 0 Å². The Kier molecular flexibility index (Phi) is 7.60. The number of nitrogens with zero attached hydrogens (tertiary/aromatic N) is 1.